The zero-order valence-corrected chi connectivity index (χ0v) is 7.07. The third-order valence-corrected chi connectivity index (χ3v) is 2.11. The van der Waals surface area contributed by atoms with Crippen molar-refractivity contribution in [1.82, 2.24) is 0 Å². The van der Waals surface area contributed by atoms with Gasteiger partial charge in [0.2, 0.25) is 0 Å². The van der Waals surface area contributed by atoms with Crippen molar-refractivity contribution in [3.05, 3.63) is 0 Å². The summed E-state index contributed by atoms with van der Waals surface area (Å²) in [5, 5.41) is 0. The van der Waals surface area contributed by atoms with Gasteiger partial charge in [-0.2, -0.15) is 0 Å². The zero-order chi connectivity index (χ0) is 7.98. The zero-order valence-electron chi connectivity index (χ0n) is 6.25. The molecule has 4 heteroatoms. The van der Waals surface area contributed by atoms with Crippen molar-refractivity contribution in [3.8, 4) is 0 Å². The summed E-state index contributed by atoms with van der Waals surface area (Å²) in [5.74, 6) is 0.172. The molecule has 0 amide bonds. The van der Waals surface area contributed by atoms with Gasteiger partial charge in [-0.1, -0.05) is 6.92 Å². The van der Waals surface area contributed by atoms with E-state index in [4.69, 9.17) is 0 Å². The summed E-state index contributed by atoms with van der Waals surface area (Å²) in [4.78, 5) is 10.6. The summed E-state index contributed by atoms with van der Waals surface area (Å²) in [6.07, 6.45) is 0. The lowest BCUT2D eigenvalue weighted by Gasteiger charge is -1.98. The lowest BCUT2D eigenvalue weighted by molar-refractivity contribution is -0.139. The van der Waals surface area contributed by atoms with Crippen molar-refractivity contribution in [2.24, 2.45) is 0 Å². The fraction of sp³-hybridized carbons (Fsp3) is 0.833. The fourth-order valence-corrected chi connectivity index (χ4v) is 0.987. The van der Waals surface area contributed by atoms with E-state index >= 15 is 0 Å². The molecule has 0 radical (unpaired) electrons. The number of esters is 1. The van der Waals surface area contributed by atoms with Crippen LogP contribution in [0.25, 0.3) is 0 Å². The molecule has 0 heterocycles. The predicted octanol–water partition coefficient (Wildman–Crippen LogP) is 0.318. The van der Waals surface area contributed by atoms with Gasteiger partial charge in [-0.05, 0) is 6.92 Å². The van der Waals surface area contributed by atoms with Crippen molar-refractivity contribution in [1.29, 1.82) is 0 Å². The Morgan fingerprint density at radius 1 is 1.50 bits per heavy atom. The molecule has 1 atom stereocenters. The van der Waals surface area contributed by atoms with Crippen LogP contribution in [0.5, 0.6) is 0 Å². The highest BCUT2D eigenvalue weighted by Gasteiger charge is 2.05. The quantitative estimate of drug-likeness (QED) is 0.562. The Labute approximate surface area is 63.2 Å². The first-order valence-electron chi connectivity index (χ1n) is 3.21. The molecule has 0 rings (SSSR count). The highest BCUT2D eigenvalue weighted by molar-refractivity contribution is 7.85. The van der Waals surface area contributed by atoms with Crippen molar-refractivity contribution in [3.63, 3.8) is 0 Å². The molecule has 3 nitrogen and oxygen atoms in total. The molecule has 0 saturated heterocycles. The maximum atomic E-state index is 10.7. The van der Waals surface area contributed by atoms with Crippen LogP contribution in [0.4, 0.5) is 0 Å². The average molecular weight is 164 g/mol. The van der Waals surface area contributed by atoms with Crippen molar-refractivity contribution in [2.45, 2.75) is 13.8 Å². The van der Waals surface area contributed by atoms with Gasteiger partial charge in [0.1, 0.15) is 5.75 Å². The molecule has 0 aromatic carbocycles. The van der Waals surface area contributed by atoms with Gasteiger partial charge in [0, 0.05) is 16.6 Å². The molecule has 0 aliphatic heterocycles. The van der Waals surface area contributed by atoms with E-state index in [1.165, 1.54) is 0 Å². The molecule has 0 fully saturated rings. The van der Waals surface area contributed by atoms with Gasteiger partial charge < -0.3 is 4.74 Å². The second-order valence-electron chi connectivity index (χ2n) is 1.68. The topological polar surface area (TPSA) is 43.4 Å². The van der Waals surface area contributed by atoms with Crippen LogP contribution in [0, 0.1) is 0 Å². The third kappa shape index (κ3) is 4.49. The molecule has 0 saturated carbocycles. The van der Waals surface area contributed by atoms with Crippen LogP contribution in [-0.2, 0) is 20.3 Å². The minimum Gasteiger partial charge on any atom is -0.465 e. The lowest BCUT2D eigenvalue weighted by atomic mass is 10.8. The predicted molar refractivity (Wildman–Crippen MR) is 40.2 cm³/mol. The number of rotatable bonds is 4. The molecule has 0 spiro atoms. The van der Waals surface area contributed by atoms with Gasteiger partial charge in [0.15, 0.2) is 0 Å². The number of carbonyl (C=O) groups excluding carboxylic acids is 1. The van der Waals surface area contributed by atoms with E-state index in [1.54, 1.807) is 13.8 Å². The molecule has 0 bridgehead atoms. The monoisotopic (exact) mass is 164 g/mol. The maximum absolute atomic E-state index is 10.7. The summed E-state index contributed by atoms with van der Waals surface area (Å²) in [6.45, 7) is 3.86. The summed E-state index contributed by atoms with van der Waals surface area (Å²) in [7, 11) is -1.03. The largest absolute Gasteiger partial charge is 0.465 e. The lowest BCUT2D eigenvalue weighted by Crippen LogP contribution is -2.14. The highest BCUT2D eigenvalue weighted by Crippen LogP contribution is 1.84. The van der Waals surface area contributed by atoms with Crippen molar-refractivity contribution >= 4 is 16.8 Å². The van der Waals surface area contributed by atoms with Crippen LogP contribution in [0.3, 0.4) is 0 Å². The van der Waals surface area contributed by atoms with E-state index in [0.29, 0.717) is 12.4 Å². The maximum Gasteiger partial charge on any atom is 0.318 e. The Morgan fingerprint density at radius 2 is 2.10 bits per heavy atom. The molecule has 0 aromatic heterocycles. The van der Waals surface area contributed by atoms with E-state index in [2.05, 4.69) is 4.74 Å². The molecule has 60 valence electrons. The SMILES string of the molecule is CCOC(=O)CS(=O)CC. The molecule has 0 aromatic rings. The normalized spacial score (nSPS) is 12.6. The minimum atomic E-state index is -1.03. The molecule has 0 aliphatic rings. The average Bonchev–Trinajstić information content (AvgIpc) is 1.88. The fourth-order valence-electron chi connectivity index (χ4n) is 0.436. The van der Waals surface area contributed by atoms with Crippen molar-refractivity contribution in [2.75, 3.05) is 18.1 Å². The molecular weight excluding hydrogens is 152 g/mol. The van der Waals surface area contributed by atoms with E-state index < -0.39 is 10.8 Å². The summed E-state index contributed by atoms with van der Waals surface area (Å²) >= 11 is 0. The first kappa shape index (κ1) is 9.62. The minimum absolute atomic E-state index is 0.0321. The van der Waals surface area contributed by atoms with E-state index in [-0.39, 0.29) is 11.7 Å². The molecule has 0 aliphatic carbocycles. The molecule has 1 unspecified atom stereocenters. The van der Waals surface area contributed by atoms with Crippen LogP contribution in [-0.4, -0.2) is 28.3 Å². The van der Waals surface area contributed by atoms with Crippen LogP contribution in [0.2, 0.25) is 0 Å². The van der Waals surface area contributed by atoms with Crippen LogP contribution in [0.1, 0.15) is 13.8 Å². The highest BCUT2D eigenvalue weighted by atomic mass is 32.2. The summed E-state index contributed by atoms with van der Waals surface area (Å²) in [6, 6.07) is 0. The van der Waals surface area contributed by atoms with E-state index in [1.807, 2.05) is 0 Å². The Balaban J connectivity index is 3.47. The van der Waals surface area contributed by atoms with Gasteiger partial charge in [-0.3, -0.25) is 9.00 Å². The van der Waals surface area contributed by atoms with Crippen molar-refractivity contribution < 1.29 is 13.7 Å². The van der Waals surface area contributed by atoms with Gasteiger partial charge in [0.25, 0.3) is 0 Å². The van der Waals surface area contributed by atoms with Crippen LogP contribution in [0.15, 0.2) is 0 Å². The van der Waals surface area contributed by atoms with Gasteiger partial charge in [0.05, 0.1) is 6.61 Å². The standard InChI is InChI=1S/C6H12O3S/c1-3-9-6(7)5-10(8)4-2/h3-5H2,1-2H3. The molecular formula is C6H12O3S. The van der Waals surface area contributed by atoms with Gasteiger partial charge in [-0.15, -0.1) is 0 Å². The third-order valence-electron chi connectivity index (χ3n) is 0.906. The first-order chi connectivity index (χ1) is 4.70. The molecule has 0 N–H and O–H groups in total. The van der Waals surface area contributed by atoms with E-state index in [9.17, 15) is 9.00 Å². The van der Waals surface area contributed by atoms with Crippen LogP contribution >= 0.6 is 0 Å². The van der Waals surface area contributed by atoms with Gasteiger partial charge in [-0.25, -0.2) is 0 Å². The summed E-state index contributed by atoms with van der Waals surface area (Å²) in [5.41, 5.74) is 0. The number of ether oxygens (including phenoxy) is 1. The first-order valence-corrected chi connectivity index (χ1v) is 4.70. The second kappa shape index (κ2) is 5.41. The smallest absolute Gasteiger partial charge is 0.318 e. The molecule has 10 heavy (non-hydrogen) atoms. The number of carbonyl (C=O) groups is 1. The summed E-state index contributed by atoms with van der Waals surface area (Å²) < 4.78 is 15.3. The number of hydrogen-bond acceptors (Lipinski definition) is 3. The van der Waals surface area contributed by atoms with Crippen LogP contribution < -0.4 is 0 Å². The Kier molecular flexibility index (Phi) is 5.20. The Hall–Kier alpha value is -0.380. The van der Waals surface area contributed by atoms with E-state index in [0.717, 1.165) is 0 Å². The second-order valence-corrected chi connectivity index (χ2v) is 3.42. The Morgan fingerprint density at radius 3 is 2.50 bits per heavy atom. The van der Waals surface area contributed by atoms with Gasteiger partial charge >= 0.3 is 5.97 Å². The number of hydrogen-bond donors (Lipinski definition) is 0. The Bertz CT molecular complexity index is 133.